The van der Waals surface area contributed by atoms with Gasteiger partial charge in [-0.15, -0.1) is 0 Å². The van der Waals surface area contributed by atoms with E-state index in [4.69, 9.17) is 4.52 Å². The van der Waals surface area contributed by atoms with Crippen molar-refractivity contribution in [2.75, 3.05) is 5.32 Å². The number of halogens is 1. The summed E-state index contributed by atoms with van der Waals surface area (Å²) < 4.78 is 18.7. The number of aromatic nitrogens is 2. The highest BCUT2D eigenvalue weighted by atomic mass is 19.1. The van der Waals surface area contributed by atoms with E-state index < -0.39 is 11.7 Å². The van der Waals surface area contributed by atoms with E-state index in [2.05, 4.69) is 15.5 Å². The molecule has 22 heavy (non-hydrogen) atoms. The lowest BCUT2D eigenvalue weighted by molar-refractivity contribution is 0.102. The average molecular weight is 299 g/mol. The molecule has 2 heterocycles. The quantitative estimate of drug-likeness (QED) is 0.800. The van der Waals surface area contributed by atoms with Gasteiger partial charge in [0, 0.05) is 6.20 Å². The van der Waals surface area contributed by atoms with Gasteiger partial charge in [-0.2, -0.15) is 0 Å². The van der Waals surface area contributed by atoms with Crippen molar-refractivity contribution in [2.24, 2.45) is 0 Å². The van der Waals surface area contributed by atoms with Crippen molar-refractivity contribution in [1.29, 1.82) is 0 Å². The summed E-state index contributed by atoms with van der Waals surface area (Å²) >= 11 is 0. The van der Waals surface area contributed by atoms with E-state index in [-0.39, 0.29) is 11.6 Å². The van der Waals surface area contributed by atoms with Gasteiger partial charge in [-0.25, -0.2) is 9.37 Å². The van der Waals surface area contributed by atoms with Crippen LogP contribution in [0.4, 0.5) is 10.1 Å². The van der Waals surface area contributed by atoms with Crippen molar-refractivity contribution < 1.29 is 13.7 Å². The number of anilines is 1. The Labute approximate surface area is 126 Å². The standard InChI is InChI=1S/C16H14FN3O2/c1-9(2)14-11-7-10(8-18-16(11)22-20-14)15(21)19-13-6-4-3-5-12(13)17/h3-9H,1-2H3,(H,19,21). The van der Waals surface area contributed by atoms with Crippen molar-refractivity contribution in [3.63, 3.8) is 0 Å². The van der Waals surface area contributed by atoms with Crippen molar-refractivity contribution in [2.45, 2.75) is 19.8 Å². The third-order valence-corrected chi connectivity index (χ3v) is 3.29. The maximum atomic E-state index is 13.6. The van der Waals surface area contributed by atoms with Crippen LogP contribution >= 0.6 is 0 Å². The molecule has 0 atom stereocenters. The number of hydrogen-bond acceptors (Lipinski definition) is 4. The zero-order chi connectivity index (χ0) is 15.7. The summed E-state index contributed by atoms with van der Waals surface area (Å²) in [5.74, 6) is -0.777. The number of rotatable bonds is 3. The van der Waals surface area contributed by atoms with Crippen molar-refractivity contribution in [3.05, 3.63) is 53.6 Å². The number of carbonyl (C=O) groups excluding carboxylic acids is 1. The number of benzene rings is 1. The van der Waals surface area contributed by atoms with Gasteiger partial charge >= 0.3 is 0 Å². The normalized spacial score (nSPS) is 11.1. The number of carbonyl (C=O) groups is 1. The summed E-state index contributed by atoms with van der Waals surface area (Å²) in [6.45, 7) is 3.95. The third-order valence-electron chi connectivity index (χ3n) is 3.29. The molecule has 0 bridgehead atoms. The maximum absolute atomic E-state index is 13.6. The summed E-state index contributed by atoms with van der Waals surface area (Å²) in [4.78, 5) is 16.3. The first-order chi connectivity index (χ1) is 10.6. The fourth-order valence-electron chi connectivity index (χ4n) is 2.15. The number of amides is 1. The molecule has 0 saturated heterocycles. The highest BCUT2D eigenvalue weighted by molar-refractivity contribution is 6.05. The molecule has 1 N–H and O–H groups in total. The Bertz CT molecular complexity index is 842. The molecule has 1 aromatic carbocycles. The van der Waals surface area contributed by atoms with Crippen molar-refractivity contribution >= 4 is 22.7 Å². The fourth-order valence-corrected chi connectivity index (χ4v) is 2.15. The van der Waals surface area contributed by atoms with Crippen LogP contribution in [0.1, 0.15) is 35.8 Å². The van der Waals surface area contributed by atoms with Gasteiger partial charge in [-0.1, -0.05) is 31.1 Å². The van der Waals surface area contributed by atoms with Crippen LogP contribution in [0.25, 0.3) is 11.1 Å². The Morgan fingerprint density at radius 3 is 2.82 bits per heavy atom. The van der Waals surface area contributed by atoms with Crippen LogP contribution < -0.4 is 5.32 Å². The number of pyridine rings is 1. The first-order valence-corrected chi connectivity index (χ1v) is 6.87. The predicted molar refractivity (Wildman–Crippen MR) is 80.2 cm³/mol. The van der Waals surface area contributed by atoms with Gasteiger partial charge in [0.25, 0.3) is 11.6 Å². The van der Waals surface area contributed by atoms with E-state index in [9.17, 15) is 9.18 Å². The minimum Gasteiger partial charge on any atom is -0.336 e. The molecule has 0 radical (unpaired) electrons. The smallest absolute Gasteiger partial charge is 0.257 e. The molecule has 0 aliphatic carbocycles. The van der Waals surface area contributed by atoms with Crippen LogP contribution in [0.5, 0.6) is 0 Å². The first-order valence-electron chi connectivity index (χ1n) is 6.87. The molecule has 112 valence electrons. The lowest BCUT2D eigenvalue weighted by atomic mass is 10.1. The largest absolute Gasteiger partial charge is 0.336 e. The van der Waals surface area contributed by atoms with Crippen LogP contribution in [0, 0.1) is 5.82 Å². The molecule has 5 nitrogen and oxygen atoms in total. The number of nitrogens with one attached hydrogen (secondary N) is 1. The molecule has 2 aromatic heterocycles. The van der Waals surface area contributed by atoms with Gasteiger partial charge < -0.3 is 9.84 Å². The molecule has 3 aromatic rings. The number of hydrogen-bond donors (Lipinski definition) is 1. The van der Waals surface area contributed by atoms with Crippen molar-refractivity contribution in [1.82, 2.24) is 10.1 Å². The molecular weight excluding hydrogens is 285 g/mol. The van der Waals surface area contributed by atoms with Crippen LogP contribution in [0.3, 0.4) is 0 Å². The van der Waals surface area contributed by atoms with Gasteiger partial charge in [0.05, 0.1) is 22.3 Å². The highest BCUT2D eigenvalue weighted by Gasteiger charge is 2.16. The zero-order valence-corrected chi connectivity index (χ0v) is 12.1. The summed E-state index contributed by atoms with van der Waals surface area (Å²) in [6.07, 6.45) is 1.38. The molecule has 1 amide bonds. The van der Waals surface area contributed by atoms with Crippen LogP contribution in [-0.2, 0) is 0 Å². The van der Waals surface area contributed by atoms with Gasteiger partial charge in [-0.3, -0.25) is 4.79 Å². The third kappa shape index (κ3) is 2.55. The van der Waals surface area contributed by atoms with Crippen LogP contribution in [0.2, 0.25) is 0 Å². The highest BCUT2D eigenvalue weighted by Crippen LogP contribution is 2.24. The maximum Gasteiger partial charge on any atom is 0.257 e. The predicted octanol–water partition coefficient (Wildman–Crippen LogP) is 3.74. The minimum absolute atomic E-state index is 0.127. The van der Waals surface area contributed by atoms with E-state index in [1.807, 2.05) is 13.8 Å². The lowest BCUT2D eigenvalue weighted by Crippen LogP contribution is -2.13. The van der Waals surface area contributed by atoms with E-state index >= 15 is 0 Å². The Kier molecular flexibility index (Phi) is 3.58. The topological polar surface area (TPSA) is 68.0 Å². The van der Waals surface area contributed by atoms with Gasteiger partial charge in [-0.05, 0) is 24.1 Å². The van der Waals surface area contributed by atoms with Gasteiger partial charge in [0.2, 0.25) is 0 Å². The van der Waals surface area contributed by atoms with Crippen molar-refractivity contribution in [3.8, 4) is 0 Å². The summed E-state index contributed by atoms with van der Waals surface area (Å²) in [6, 6.07) is 7.65. The average Bonchev–Trinajstić information content (AvgIpc) is 2.92. The zero-order valence-electron chi connectivity index (χ0n) is 12.1. The second kappa shape index (κ2) is 5.55. The van der Waals surface area contributed by atoms with E-state index in [0.717, 1.165) is 5.69 Å². The number of nitrogens with zero attached hydrogens (tertiary/aromatic N) is 2. The fraction of sp³-hybridized carbons (Fsp3) is 0.188. The molecule has 0 spiro atoms. The summed E-state index contributed by atoms with van der Waals surface area (Å²) in [5, 5.41) is 7.18. The summed E-state index contributed by atoms with van der Waals surface area (Å²) in [7, 11) is 0. The molecular formula is C16H14FN3O2. The number of para-hydroxylation sites is 1. The molecule has 0 aliphatic heterocycles. The molecule has 6 heteroatoms. The van der Waals surface area contributed by atoms with E-state index in [0.29, 0.717) is 16.7 Å². The molecule has 0 aliphatic rings. The SMILES string of the molecule is CC(C)c1noc2ncc(C(=O)Nc3ccccc3F)cc12. The minimum atomic E-state index is -0.488. The lowest BCUT2D eigenvalue weighted by Gasteiger charge is -2.06. The molecule has 3 rings (SSSR count). The Morgan fingerprint density at radius 1 is 1.32 bits per heavy atom. The first kappa shape index (κ1) is 14.2. The Balaban J connectivity index is 1.94. The van der Waals surface area contributed by atoms with Crippen LogP contribution in [0.15, 0.2) is 41.1 Å². The second-order valence-electron chi connectivity index (χ2n) is 5.23. The van der Waals surface area contributed by atoms with Crippen LogP contribution in [-0.4, -0.2) is 16.0 Å². The monoisotopic (exact) mass is 299 g/mol. The number of fused-ring (bicyclic) bond motifs is 1. The van der Waals surface area contributed by atoms with E-state index in [1.165, 1.54) is 18.3 Å². The van der Waals surface area contributed by atoms with Gasteiger partial charge in [0.1, 0.15) is 5.82 Å². The Hall–Kier alpha value is -2.76. The van der Waals surface area contributed by atoms with E-state index in [1.54, 1.807) is 18.2 Å². The molecule has 0 unspecified atom stereocenters. The molecule has 0 fully saturated rings. The molecule has 0 saturated carbocycles. The summed E-state index contributed by atoms with van der Waals surface area (Å²) in [5.41, 5.74) is 1.57. The second-order valence-corrected chi connectivity index (χ2v) is 5.23. The Morgan fingerprint density at radius 2 is 2.09 bits per heavy atom. The van der Waals surface area contributed by atoms with Gasteiger partial charge in [0.15, 0.2) is 0 Å².